The number of rotatable bonds is 8. The van der Waals surface area contributed by atoms with Crippen molar-refractivity contribution in [1.82, 2.24) is 14.9 Å². The molecule has 0 spiro atoms. The average molecular weight is 449 g/mol. The number of hydrogen-bond acceptors (Lipinski definition) is 5. The van der Waals surface area contributed by atoms with Crippen molar-refractivity contribution >= 4 is 16.0 Å². The molecule has 3 rings (SSSR count). The quantitative estimate of drug-likeness (QED) is 0.423. The summed E-state index contributed by atoms with van der Waals surface area (Å²) in [7, 11) is -3.43. The number of hydrogen-bond donors (Lipinski definition) is 3. The van der Waals surface area contributed by atoms with Gasteiger partial charge in [-0.15, -0.1) is 0 Å². The summed E-state index contributed by atoms with van der Waals surface area (Å²) in [4.78, 5) is 4.86. The summed E-state index contributed by atoms with van der Waals surface area (Å²) in [6, 6.07) is 10.4. The van der Waals surface area contributed by atoms with Gasteiger partial charge in [0.25, 0.3) is 0 Å². The van der Waals surface area contributed by atoms with Gasteiger partial charge in [0.2, 0.25) is 10.0 Å². The minimum atomic E-state index is -3.43. The van der Waals surface area contributed by atoms with Gasteiger partial charge in [0, 0.05) is 19.6 Å². The molecule has 8 nitrogen and oxygen atoms in total. The standard InChI is InChI=1S/C22H32N4O4S/c1-3-23-21(25-17-22(2,27)20-8-7-15-30-20)24-16-18-9-11-19(12-10-18)31(28,29)26-13-5-4-6-14-26/h7-12,15,27H,3-6,13-14,16-17H2,1-2H3,(H2,23,24,25). The maximum atomic E-state index is 12.8. The maximum absolute atomic E-state index is 12.8. The van der Waals surface area contributed by atoms with Crippen LogP contribution in [0.5, 0.6) is 0 Å². The van der Waals surface area contributed by atoms with Crippen LogP contribution in [0, 0.1) is 0 Å². The number of benzene rings is 1. The molecule has 0 radical (unpaired) electrons. The van der Waals surface area contributed by atoms with Gasteiger partial charge in [-0.25, -0.2) is 13.4 Å². The zero-order valence-electron chi connectivity index (χ0n) is 18.2. The van der Waals surface area contributed by atoms with Gasteiger partial charge in [0.15, 0.2) is 5.96 Å². The zero-order chi connectivity index (χ0) is 22.3. The van der Waals surface area contributed by atoms with E-state index in [0.29, 0.717) is 42.8 Å². The van der Waals surface area contributed by atoms with Crippen molar-refractivity contribution < 1.29 is 17.9 Å². The average Bonchev–Trinajstić information content (AvgIpc) is 3.33. The second-order valence-corrected chi connectivity index (χ2v) is 9.85. The number of guanidine groups is 1. The Morgan fingerprint density at radius 3 is 2.48 bits per heavy atom. The molecular weight excluding hydrogens is 416 g/mol. The second-order valence-electron chi connectivity index (χ2n) is 7.91. The van der Waals surface area contributed by atoms with Crippen molar-refractivity contribution in [3.8, 4) is 0 Å². The Hall–Kier alpha value is -2.36. The summed E-state index contributed by atoms with van der Waals surface area (Å²) in [5, 5.41) is 16.9. The van der Waals surface area contributed by atoms with Crippen molar-refractivity contribution in [2.75, 3.05) is 26.2 Å². The predicted molar refractivity (Wildman–Crippen MR) is 120 cm³/mol. The van der Waals surface area contributed by atoms with Crippen LogP contribution < -0.4 is 10.6 Å². The van der Waals surface area contributed by atoms with E-state index < -0.39 is 15.6 Å². The van der Waals surface area contributed by atoms with E-state index >= 15 is 0 Å². The maximum Gasteiger partial charge on any atom is 0.243 e. The SMILES string of the molecule is CCNC(=NCc1ccc(S(=O)(=O)N2CCCCC2)cc1)NCC(C)(O)c1ccco1. The van der Waals surface area contributed by atoms with Crippen molar-refractivity contribution in [3.05, 3.63) is 54.0 Å². The van der Waals surface area contributed by atoms with Gasteiger partial charge in [-0.3, -0.25) is 0 Å². The molecule has 0 bridgehead atoms. The van der Waals surface area contributed by atoms with E-state index in [9.17, 15) is 13.5 Å². The molecule has 1 aliphatic heterocycles. The lowest BCUT2D eigenvalue weighted by Gasteiger charge is -2.25. The van der Waals surface area contributed by atoms with E-state index in [0.717, 1.165) is 24.8 Å². The summed E-state index contributed by atoms with van der Waals surface area (Å²) < 4.78 is 32.4. The van der Waals surface area contributed by atoms with E-state index in [1.807, 2.05) is 6.92 Å². The highest BCUT2D eigenvalue weighted by Gasteiger charge is 2.27. The fourth-order valence-corrected chi connectivity index (χ4v) is 4.98. The predicted octanol–water partition coefficient (Wildman–Crippen LogP) is 2.42. The van der Waals surface area contributed by atoms with E-state index in [2.05, 4.69) is 15.6 Å². The third-order valence-corrected chi connectivity index (χ3v) is 7.21. The monoisotopic (exact) mass is 448 g/mol. The Bertz CT molecular complexity index is 948. The second kappa shape index (κ2) is 10.3. The molecule has 9 heteroatoms. The number of nitrogens with one attached hydrogen (secondary N) is 2. The fourth-order valence-electron chi connectivity index (χ4n) is 3.46. The van der Waals surface area contributed by atoms with E-state index in [1.165, 1.54) is 6.26 Å². The number of sulfonamides is 1. The molecule has 0 aliphatic carbocycles. The Labute approximate surface area is 184 Å². The molecule has 31 heavy (non-hydrogen) atoms. The van der Waals surface area contributed by atoms with E-state index in [4.69, 9.17) is 4.42 Å². The van der Waals surface area contributed by atoms with Crippen LogP contribution in [-0.4, -0.2) is 50.0 Å². The molecule has 3 N–H and O–H groups in total. The Balaban J connectivity index is 1.63. The van der Waals surface area contributed by atoms with E-state index in [-0.39, 0.29) is 6.54 Å². The summed E-state index contributed by atoms with van der Waals surface area (Å²) in [6.45, 7) is 6.08. The molecule has 170 valence electrons. The van der Waals surface area contributed by atoms with Crippen LogP contribution >= 0.6 is 0 Å². The summed E-state index contributed by atoms with van der Waals surface area (Å²) in [6.07, 6.45) is 4.44. The number of nitrogens with zero attached hydrogens (tertiary/aromatic N) is 2. The first-order valence-corrected chi connectivity index (χ1v) is 12.1. The first-order chi connectivity index (χ1) is 14.8. The van der Waals surface area contributed by atoms with Crippen molar-refractivity contribution in [3.63, 3.8) is 0 Å². The topological polar surface area (TPSA) is 107 Å². The molecule has 1 aromatic carbocycles. The molecule has 2 heterocycles. The third kappa shape index (κ3) is 6.09. The first-order valence-electron chi connectivity index (χ1n) is 10.7. The van der Waals surface area contributed by atoms with Gasteiger partial charge in [-0.1, -0.05) is 18.6 Å². The first kappa shape index (κ1) is 23.3. The third-order valence-electron chi connectivity index (χ3n) is 5.29. The van der Waals surface area contributed by atoms with Gasteiger partial charge in [0.1, 0.15) is 11.4 Å². The molecule has 2 aromatic rings. The van der Waals surface area contributed by atoms with Gasteiger partial charge >= 0.3 is 0 Å². The Kier molecular flexibility index (Phi) is 7.74. The normalized spacial score (nSPS) is 17.8. The lowest BCUT2D eigenvalue weighted by atomic mass is 10.0. The van der Waals surface area contributed by atoms with Crippen LogP contribution in [0.2, 0.25) is 0 Å². The van der Waals surface area contributed by atoms with Gasteiger partial charge < -0.3 is 20.2 Å². The van der Waals surface area contributed by atoms with Crippen LogP contribution in [0.3, 0.4) is 0 Å². The van der Waals surface area contributed by atoms with Crippen LogP contribution in [0.15, 0.2) is 57.0 Å². The smallest absolute Gasteiger partial charge is 0.243 e. The molecule has 1 aromatic heterocycles. The highest BCUT2D eigenvalue weighted by atomic mass is 32.2. The summed E-state index contributed by atoms with van der Waals surface area (Å²) in [5.74, 6) is 1.03. The van der Waals surface area contributed by atoms with Crippen molar-refractivity contribution in [2.24, 2.45) is 4.99 Å². The summed E-state index contributed by atoms with van der Waals surface area (Å²) in [5.41, 5.74) is -0.281. The van der Waals surface area contributed by atoms with Crippen molar-refractivity contribution in [1.29, 1.82) is 0 Å². The number of furan rings is 1. The Morgan fingerprint density at radius 1 is 1.16 bits per heavy atom. The van der Waals surface area contributed by atoms with Crippen LogP contribution in [-0.2, 0) is 22.2 Å². The van der Waals surface area contributed by atoms with Crippen LogP contribution in [0.4, 0.5) is 0 Å². The Morgan fingerprint density at radius 2 is 1.87 bits per heavy atom. The lowest BCUT2D eigenvalue weighted by molar-refractivity contribution is 0.0386. The number of aliphatic hydroxyl groups is 1. The molecular formula is C22H32N4O4S. The van der Waals surface area contributed by atoms with Crippen LogP contribution in [0.1, 0.15) is 44.4 Å². The molecule has 0 saturated carbocycles. The molecule has 1 fully saturated rings. The fraction of sp³-hybridized carbons (Fsp3) is 0.500. The minimum absolute atomic E-state index is 0.222. The highest BCUT2D eigenvalue weighted by molar-refractivity contribution is 7.89. The number of piperidine rings is 1. The molecule has 0 amide bonds. The molecule has 1 atom stereocenters. The zero-order valence-corrected chi connectivity index (χ0v) is 19.0. The molecule has 1 aliphatic rings. The largest absolute Gasteiger partial charge is 0.466 e. The van der Waals surface area contributed by atoms with Gasteiger partial charge in [0.05, 0.1) is 24.2 Å². The number of aliphatic imine (C=N–C) groups is 1. The minimum Gasteiger partial charge on any atom is -0.466 e. The van der Waals surface area contributed by atoms with Crippen LogP contribution in [0.25, 0.3) is 0 Å². The highest BCUT2D eigenvalue weighted by Crippen LogP contribution is 2.21. The van der Waals surface area contributed by atoms with E-state index in [1.54, 1.807) is 47.6 Å². The van der Waals surface area contributed by atoms with Crippen molar-refractivity contribution in [2.45, 2.75) is 50.2 Å². The van der Waals surface area contributed by atoms with Gasteiger partial charge in [-0.2, -0.15) is 4.31 Å². The molecule has 1 saturated heterocycles. The molecule has 1 unspecified atom stereocenters. The summed E-state index contributed by atoms with van der Waals surface area (Å²) >= 11 is 0. The van der Waals surface area contributed by atoms with Gasteiger partial charge in [-0.05, 0) is 56.5 Å². The lowest BCUT2D eigenvalue weighted by Crippen LogP contribution is -2.44.